The number of nitrogens with zero attached hydrogens (tertiary/aromatic N) is 5. The number of methoxy groups -OCH3 is 1. The molecule has 6 bridgehead atoms. The number of cyclic esters (lactones) is 1. The molecular formula is C44H57N7O6S. The minimum Gasteiger partial charge on any atom is -0.464 e. The number of thiazole rings is 1. The summed E-state index contributed by atoms with van der Waals surface area (Å²) < 4.78 is 14.2. The molecule has 4 atom stereocenters. The normalized spacial score (nSPS) is 21.3. The van der Waals surface area contributed by atoms with Crippen molar-refractivity contribution in [3.05, 3.63) is 58.2 Å². The molecule has 7 rings (SSSR count). The van der Waals surface area contributed by atoms with Crippen LogP contribution in [0.5, 0.6) is 0 Å². The predicted octanol–water partition coefficient (Wildman–Crippen LogP) is 6.24. The summed E-state index contributed by atoms with van der Waals surface area (Å²) in [7, 11) is 3.35. The number of carbonyl (C=O) groups excluding carboxylic acids is 4. The average Bonchev–Trinajstić information content (AvgIpc) is 3.99. The second kappa shape index (κ2) is 17.3. The largest absolute Gasteiger partial charge is 0.464 e. The van der Waals surface area contributed by atoms with Crippen LogP contribution in [0.3, 0.4) is 0 Å². The molecule has 58 heavy (non-hydrogen) atoms. The second-order valence-electron chi connectivity index (χ2n) is 16.9. The summed E-state index contributed by atoms with van der Waals surface area (Å²) in [5.74, 6) is -1.35. The SMILES string of the molecule is CCn1c(-c2cccnc2[C@H](C)OC)c2c3cc(ccc31)-c1csc(n1)C[C@H](NC(=O)C(C1CCCC1)N(C)C(C)=O)C(=O)N1CCC[C@H](N1)C(=O)OCC(C)(C)C2. The Morgan fingerprint density at radius 1 is 1.16 bits per heavy atom. The van der Waals surface area contributed by atoms with E-state index in [0.29, 0.717) is 37.4 Å². The minimum absolute atomic E-state index is 0.00205. The first-order valence-electron chi connectivity index (χ1n) is 20.7. The highest BCUT2D eigenvalue weighted by molar-refractivity contribution is 7.10. The van der Waals surface area contributed by atoms with Gasteiger partial charge in [0.2, 0.25) is 11.8 Å². The van der Waals surface area contributed by atoms with Crippen molar-refractivity contribution in [1.82, 2.24) is 35.2 Å². The third-order valence-corrected chi connectivity index (χ3v) is 13.1. The molecule has 3 aromatic heterocycles. The van der Waals surface area contributed by atoms with Gasteiger partial charge in [0.15, 0.2) is 0 Å². The third-order valence-electron chi connectivity index (χ3n) is 12.2. The molecule has 5 heterocycles. The van der Waals surface area contributed by atoms with Crippen LogP contribution < -0.4 is 10.7 Å². The van der Waals surface area contributed by atoms with Crippen LogP contribution in [0.15, 0.2) is 41.9 Å². The van der Waals surface area contributed by atoms with E-state index in [9.17, 15) is 19.2 Å². The summed E-state index contributed by atoms with van der Waals surface area (Å²) >= 11 is 1.44. The highest BCUT2D eigenvalue weighted by Crippen LogP contribution is 2.42. The van der Waals surface area contributed by atoms with Crippen molar-refractivity contribution in [3.63, 3.8) is 0 Å². The molecule has 1 saturated heterocycles. The Hall–Kier alpha value is -4.66. The number of nitrogens with one attached hydrogen (secondary N) is 2. The Morgan fingerprint density at radius 3 is 2.66 bits per heavy atom. The molecule has 4 aromatic rings. The van der Waals surface area contributed by atoms with Crippen LogP contribution in [-0.4, -0.2) is 93.6 Å². The summed E-state index contributed by atoms with van der Waals surface area (Å²) in [5, 5.41) is 8.27. The molecule has 3 aliphatic rings. The van der Waals surface area contributed by atoms with E-state index in [1.54, 1.807) is 20.4 Å². The average molecular weight is 812 g/mol. The summed E-state index contributed by atoms with van der Waals surface area (Å²) in [6.07, 6.45) is 7.04. The standard InChI is InChI=1S/C44H57N7O6S/c1-8-50-36-18-17-29-21-31(36)32(40(50)30-15-11-19-45-38(30)26(2)56-7)23-44(4,5)25-57-43(55)33-16-12-20-51(48-33)42(54)34(22-37-46-35(29)24-58-37)47-41(53)39(49(6)27(3)52)28-13-9-10-14-28/h11,15,17-19,21,24,26,28,33-34,39,48H,8-10,12-14,16,20,22-23,25H2,1-7H3,(H,47,53)/t26-,33-,34-,39?/m0/s1. The smallest absolute Gasteiger partial charge is 0.324 e. The fourth-order valence-corrected chi connectivity index (χ4v) is 9.85. The number of hydrogen-bond donors (Lipinski definition) is 2. The summed E-state index contributed by atoms with van der Waals surface area (Å²) in [6.45, 7) is 11.1. The molecule has 1 saturated carbocycles. The number of aromatic nitrogens is 3. The lowest BCUT2D eigenvalue weighted by Gasteiger charge is -2.36. The molecule has 0 spiro atoms. The third kappa shape index (κ3) is 8.42. The quantitative estimate of drug-likeness (QED) is 0.198. The van der Waals surface area contributed by atoms with E-state index in [1.807, 2.05) is 18.4 Å². The van der Waals surface area contributed by atoms with E-state index in [0.717, 1.165) is 70.4 Å². The van der Waals surface area contributed by atoms with Crippen LogP contribution in [0.4, 0.5) is 0 Å². The molecule has 1 unspecified atom stereocenters. The Balaban J connectivity index is 1.33. The number of fused-ring (bicyclic) bond motifs is 6. The first kappa shape index (κ1) is 41.5. The summed E-state index contributed by atoms with van der Waals surface area (Å²) in [5.41, 5.74) is 9.46. The topological polar surface area (TPSA) is 148 Å². The van der Waals surface area contributed by atoms with Crippen LogP contribution >= 0.6 is 11.3 Å². The van der Waals surface area contributed by atoms with Crippen molar-refractivity contribution in [2.45, 2.75) is 117 Å². The second-order valence-corrected chi connectivity index (χ2v) is 17.8. The number of carbonyl (C=O) groups is 4. The first-order chi connectivity index (χ1) is 27.8. The number of hydrogen-bond acceptors (Lipinski definition) is 10. The number of esters is 1. The van der Waals surface area contributed by atoms with E-state index in [4.69, 9.17) is 19.4 Å². The Bertz CT molecular complexity index is 2170. The van der Waals surface area contributed by atoms with Crippen LogP contribution in [0.25, 0.3) is 33.4 Å². The van der Waals surface area contributed by atoms with Crippen molar-refractivity contribution >= 4 is 45.9 Å². The fourth-order valence-electron chi connectivity index (χ4n) is 9.00. The Morgan fingerprint density at radius 2 is 1.93 bits per heavy atom. The fraction of sp³-hybridized carbons (Fsp3) is 0.545. The number of benzene rings is 1. The number of ether oxygens (including phenoxy) is 2. The van der Waals surface area contributed by atoms with Crippen molar-refractivity contribution in [2.24, 2.45) is 11.3 Å². The molecule has 310 valence electrons. The highest BCUT2D eigenvalue weighted by atomic mass is 32.1. The lowest BCUT2D eigenvalue weighted by Crippen LogP contribution is -2.62. The Kier molecular flexibility index (Phi) is 12.4. The minimum atomic E-state index is -0.991. The van der Waals surface area contributed by atoms with Crippen LogP contribution in [0, 0.1) is 11.3 Å². The van der Waals surface area contributed by atoms with Gasteiger partial charge in [-0.1, -0.05) is 32.8 Å². The summed E-state index contributed by atoms with van der Waals surface area (Å²) in [4.78, 5) is 66.4. The van der Waals surface area contributed by atoms with E-state index >= 15 is 0 Å². The van der Waals surface area contributed by atoms with E-state index in [1.165, 1.54) is 28.2 Å². The molecule has 1 aromatic carbocycles. The number of likely N-dealkylation sites (N-methyl/N-ethyl adjacent to an activating group) is 1. The van der Waals surface area contributed by atoms with Gasteiger partial charge >= 0.3 is 5.97 Å². The predicted molar refractivity (Wildman–Crippen MR) is 224 cm³/mol. The van der Waals surface area contributed by atoms with Crippen LogP contribution in [0.2, 0.25) is 0 Å². The van der Waals surface area contributed by atoms with Crippen molar-refractivity contribution < 1.29 is 28.7 Å². The maximum Gasteiger partial charge on any atom is 0.324 e. The number of rotatable bonds is 8. The molecule has 1 aliphatic carbocycles. The molecule has 2 aliphatic heterocycles. The zero-order chi connectivity index (χ0) is 41.3. The zero-order valence-corrected chi connectivity index (χ0v) is 35.6. The molecule has 2 fully saturated rings. The molecule has 14 heteroatoms. The zero-order valence-electron chi connectivity index (χ0n) is 34.8. The number of aryl methyl sites for hydroxylation is 1. The maximum absolute atomic E-state index is 14.4. The summed E-state index contributed by atoms with van der Waals surface area (Å²) in [6, 6.07) is 8.05. The lowest BCUT2D eigenvalue weighted by molar-refractivity contribution is -0.155. The van der Waals surface area contributed by atoms with Crippen LogP contribution in [-0.2, 0) is 48.0 Å². The van der Waals surface area contributed by atoms with E-state index in [2.05, 4.69) is 60.3 Å². The van der Waals surface area contributed by atoms with Crippen molar-refractivity contribution in [2.75, 3.05) is 27.3 Å². The van der Waals surface area contributed by atoms with E-state index in [-0.39, 0.29) is 42.8 Å². The van der Waals surface area contributed by atoms with Gasteiger partial charge in [-0.15, -0.1) is 11.3 Å². The van der Waals surface area contributed by atoms with Gasteiger partial charge in [-0.05, 0) is 81.7 Å². The number of pyridine rings is 1. The van der Waals surface area contributed by atoms with Gasteiger partial charge in [-0.2, -0.15) is 0 Å². The van der Waals surface area contributed by atoms with Gasteiger partial charge in [0, 0.05) is 79.6 Å². The van der Waals surface area contributed by atoms with Gasteiger partial charge in [0.1, 0.15) is 18.1 Å². The Labute approximate surface area is 344 Å². The maximum atomic E-state index is 14.4. The molecule has 2 N–H and O–H groups in total. The number of hydrazine groups is 1. The van der Waals surface area contributed by atoms with Gasteiger partial charge in [0.05, 0.1) is 34.8 Å². The van der Waals surface area contributed by atoms with Crippen molar-refractivity contribution in [3.8, 4) is 22.5 Å². The van der Waals surface area contributed by atoms with Crippen LogP contribution in [0.1, 0.15) is 95.5 Å². The lowest BCUT2D eigenvalue weighted by atomic mass is 9.84. The van der Waals surface area contributed by atoms with Gasteiger partial charge < -0.3 is 24.3 Å². The molecular weight excluding hydrogens is 755 g/mol. The highest BCUT2D eigenvalue weighted by Gasteiger charge is 2.40. The molecule has 13 nitrogen and oxygen atoms in total. The van der Waals surface area contributed by atoms with E-state index < -0.39 is 29.5 Å². The van der Waals surface area contributed by atoms with Gasteiger partial charge in [0.25, 0.3) is 5.91 Å². The monoisotopic (exact) mass is 811 g/mol. The van der Waals surface area contributed by atoms with Crippen molar-refractivity contribution in [1.29, 1.82) is 0 Å². The molecule has 0 radical (unpaired) electrons. The first-order valence-corrected chi connectivity index (χ1v) is 21.5. The number of amides is 3. The van der Waals surface area contributed by atoms with Gasteiger partial charge in [-0.3, -0.25) is 29.2 Å². The van der Waals surface area contributed by atoms with Gasteiger partial charge in [-0.25, -0.2) is 10.4 Å². The molecule has 3 amide bonds.